The molecule has 20 heavy (non-hydrogen) atoms. The van der Waals surface area contributed by atoms with Gasteiger partial charge in [-0.25, -0.2) is 0 Å². The normalized spacial score (nSPS) is 17.6. The molecule has 1 heterocycles. The van der Waals surface area contributed by atoms with E-state index in [9.17, 15) is 10.2 Å². The van der Waals surface area contributed by atoms with Crippen molar-refractivity contribution in [3.63, 3.8) is 0 Å². The van der Waals surface area contributed by atoms with Gasteiger partial charge in [0.25, 0.3) is 0 Å². The third-order valence-corrected chi connectivity index (χ3v) is 3.92. The Morgan fingerprint density at radius 2 is 1.90 bits per heavy atom. The lowest BCUT2D eigenvalue weighted by Crippen LogP contribution is -2.45. The molecule has 1 aromatic carbocycles. The zero-order valence-electron chi connectivity index (χ0n) is 11.0. The minimum atomic E-state index is -0.0664. The van der Waals surface area contributed by atoms with E-state index in [1.807, 2.05) is 0 Å². The second-order valence-electron chi connectivity index (χ2n) is 4.64. The van der Waals surface area contributed by atoms with Crippen molar-refractivity contribution in [3.8, 4) is 5.75 Å². The van der Waals surface area contributed by atoms with Crippen LogP contribution in [0, 0.1) is 0 Å². The number of benzene rings is 1. The highest BCUT2D eigenvalue weighted by Gasteiger charge is 2.25. The first kappa shape index (κ1) is 17.8. The SMILES string of the molecule is Cl.OCC[C@H](c1cc(Cl)cc(Cl)c1O)N1CCNCC1. The molecule has 0 aromatic heterocycles. The predicted molar refractivity (Wildman–Crippen MR) is 84.3 cm³/mol. The number of aliphatic hydroxyl groups is 1. The number of phenolic OH excluding ortho intramolecular Hbond substituents is 1. The van der Waals surface area contributed by atoms with Gasteiger partial charge in [0.15, 0.2) is 0 Å². The molecule has 1 aliphatic rings. The molecule has 0 unspecified atom stereocenters. The number of rotatable bonds is 4. The third-order valence-electron chi connectivity index (χ3n) is 3.41. The van der Waals surface area contributed by atoms with Crippen molar-refractivity contribution in [2.24, 2.45) is 0 Å². The summed E-state index contributed by atoms with van der Waals surface area (Å²) >= 11 is 12.0. The van der Waals surface area contributed by atoms with Crippen LogP contribution >= 0.6 is 35.6 Å². The first-order chi connectivity index (χ1) is 9.13. The van der Waals surface area contributed by atoms with Crippen molar-refractivity contribution in [1.82, 2.24) is 10.2 Å². The van der Waals surface area contributed by atoms with Crippen LogP contribution < -0.4 is 5.32 Å². The van der Waals surface area contributed by atoms with E-state index in [2.05, 4.69) is 10.2 Å². The maximum atomic E-state index is 10.1. The highest BCUT2D eigenvalue weighted by Crippen LogP contribution is 2.38. The van der Waals surface area contributed by atoms with Crippen LogP contribution in [0.25, 0.3) is 0 Å². The Labute approximate surface area is 135 Å². The molecule has 0 saturated carbocycles. The third kappa shape index (κ3) is 4.13. The quantitative estimate of drug-likeness (QED) is 0.787. The number of aromatic hydroxyl groups is 1. The van der Waals surface area contributed by atoms with E-state index in [0.29, 0.717) is 17.0 Å². The van der Waals surface area contributed by atoms with E-state index < -0.39 is 0 Å². The predicted octanol–water partition coefficient (Wildman–Crippen LogP) is 2.45. The second kappa shape index (κ2) is 8.27. The van der Waals surface area contributed by atoms with Crippen molar-refractivity contribution in [1.29, 1.82) is 0 Å². The molecule has 1 saturated heterocycles. The Morgan fingerprint density at radius 3 is 2.50 bits per heavy atom. The lowest BCUT2D eigenvalue weighted by atomic mass is 10.0. The zero-order chi connectivity index (χ0) is 13.8. The molecule has 1 fully saturated rings. The number of halogens is 3. The van der Waals surface area contributed by atoms with E-state index in [0.717, 1.165) is 26.2 Å². The van der Waals surface area contributed by atoms with Crippen molar-refractivity contribution in [2.75, 3.05) is 32.8 Å². The summed E-state index contributed by atoms with van der Waals surface area (Å²) in [5.74, 6) is 0.0584. The Bertz CT molecular complexity index is 440. The van der Waals surface area contributed by atoms with Gasteiger partial charge in [-0.15, -0.1) is 12.4 Å². The summed E-state index contributed by atoms with van der Waals surface area (Å²) in [6, 6.07) is 3.18. The van der Waals surface area contributed by atoms with Crippen LogP contribution in [0.5, 0.6) is 5.75 Å². The molecular formula is C13H19Cl3N2O2. The number of piperazine rings is 1. The van der Waals surface area contributed by atoms with Gasteiger partial charge < -0.3 is 15.5 Å². The lowest BCUT2D eigenvalue weighted by molar-refractivity contribution is 0.139. The highest BCUT2D eigenvalue weighted by molar-refractivity contribution is 6.35. The van der Waals surface area contributed by atoms with E-state index >= 15 is 0 Å². The van der Waals surface area contributed by atoms with Gasteiger partial charge in [-0.05, 0) is 18.6 Å². The average molecular weight is 342 g/mol. The summed E-state index contributed by atoms with van der Waals surface area (Å²) in [5, 5.41) is 23.4. The molecule has 0 spiro atoms. The fourth-order valence-corrected chi connectivity index (χ4v) is 3.00. The number of nitrogens with one attached hydrogen (secondary N) is 1. The van der Waals surface area contributed by atoms with Crippen LogP contribution in [-0.4, -0.2) is 47.9 Å². The van der Waals surface area contributed by atoms with Crippen molar-refractivity contribution < 1.29 is 10.2 Å². The maximum absolute atomic E-state index is 10.1. The van der Waals surface area contributed by atoms with Crippen LogP contribution in [-0.2, 0) is 0 Å². The van der Waals surface area contributed by atoms with E-state index in [-0.39, 0.29) is 35.8 Å². The van der Waals surface area contributed by atoms with Gasteiger partial charge in [0.05, 0.1) is 5.02 Å². The van der Waals surface area contributed by atoms with Gasteiger partial charge in [-0.1, -0.05) is 23.2 Å². The van der Waals surface area contributed by atoms with E-state index in [1.54, 1.807) is 6.07 Å². The Kier molecular flexibility index (Phi) is 7.37. The molecule has 4 nitrogen and oxygen atoms in total. The summed E-state index contributed by atoms with van der Waals surface area (Å²) in [4.78, 5) is 2.23. The summed E-state index contributed by atoms with van der Waals surface area (Å²) in [7, 11) is 0. The molecule has 114 valence electrons. The van der Waals surface area contributed by atoms with Crippen LogP contribution in [0.4, 0.5) is 0 Å². The van der Waals surface area contributed by atoms with Crippen molar-refractivity contribution >= 4 is 35.6 Å². The largest absolute Gasteiger partial charge is 0.506 e. The van der Waals surface area contributed by atoms with E-state index in [1.165, 1.54) is 6.07 Å². The number of hydrogen-bond donors (Lipinski definition) is 3. The average Bonchev–Trinajstić information content (AvgIpc) is 2.41. The first-order valence-corrected chi connectivity index (χ1v) is 7.12. The molecule has 1 aromatic rings. The molecular weight excluding hydrogens is 323 g/mol. The smallest absolute Gasteiger partial charge is 0.139 e. The van der Waals surface area contributed by atoms with Crippen molar-refractivity contribution in [3.05, 3.63) is 27.7 Å². The lowest BCUT2D eigenvalue weighted by Gasteiger charge is -2.35. The van der Waals surface area contributed by atoms with Crippen LogP contribution in [0.2, 0.25) is 10.0 Å². The number of nitrogens with zero attached hydrogens (tertiary/aromatic N) is 1. The highest BCUT2D eigenvalue weighted by atomic mass is 35.5. The number of hydrogen-bond acceptors (Lipinski definition) is 4. The molecule has 3 N–H and O–H groups in total. The molecule has 0 amide bonds. The van der Waals surface area contributed by atoms with Crippen LogP contribution in [0.15, 0.2) is 12.1 Å². The summed E-state index contributed by atoms with van der Waals surface area (Å²) in [6.45, 7) is 3.59. The fourth-order valence-electron chi connectivity index (χ4n) is 2.49. The standard InChI is InChI=1S/C13H18Cl2N2O2.ClH/c14-9-7-10(13(19)11(15)8-9)12(1-6-18)17-4-2-16-3-5-17;/h7-8,12,16,18-19H,1-6H2;1H/t12-;/m1./s1. The molecule has 0 radical (unpaired) electrons. The minimum absolute atomic E-state index is 0. The van der Waals surface area contributed by atoms with Gasteiger partial charge in [0.1, 0.15) is 5.75 Å². The molecule has 7 heteroatoms. The fraction of sp³-hybridized carbons (Fsp3) is 0.538. The van der Waals surface area contributed by atoms with Gasteiger partial charge >= 0.3 is 0 Å². The maximum Gasteiger partial charge on any atom is 0.139 e. The summed E-state index contributed by atoms with van der Waals surface area (Å²) in [5.41, 5.74) is 0.688. The van der Waals surface area contributed by atoms with Gasteiger partial charge in [0.2, 0.25) is 0 Å². The van der Waals surface area contributed by atoms with Gasteiger partial charge in [-0.2, -0.15) is 0 Å². The summed E-state index contributed by atoms with van der Waals surface area (Å²) in [6.07, 6.45) is 0.546. The molecule has 2 rings (SSSR count). The Balaban J connectivity index is 0.00000200. The second-order valence-corrected chi connectivity index (χ2v) is 5.48. The van der Waals surface area contributed by atoms with E-state index in [4.69, 9.17) is 23.2 Å². The molecule has 1 atom stereocenters. The zero-order valence-corrected chi connectivity index (χ0v) is 13.3. The Morgan fingerprint density at radius 1 is 1.25 bits per heavy atom. The number of aliphatic hydroxyl groups excluding tert-OH is 1. The first-order valence-electron chi connectivity index (χ1n) is 6.37. The van der Waals surface area contributed by atoms with Crippen LogP contribution in [0.3, 0.4) is 0 Å². The molecule has 0 bridgehead atoms. The Hall–Kier alpha value is -0.230. The topological polar surface area (TPSA) is 55.7 Å². The molecule has 0 aliphatic carbocycles. The van der Waals surface area contributed by atoms with Gasteiger partial charge in [-0.3, -0.25) is 4.90 Å². The molecule has 1 aliphatic heterocycles. The van der Waals surface area contributed by atoms with Gasteiger partial charge in [0, 0.05) is 49.4 Å². The van der Waals surface area contributed by atoms with Crippen molar-refractivity contribution in [2.45, 2.75) is 12.5 Å². The number of phenols is 1. The van der Waals surface area contributed by atoms with Crippen LogP contribution in [0.1, 0.15) is 18.0 Å². The summed E-state index contributed by atoms with van der Waals surface area (Å²) < 4.78 is 0. The monoisotopic (exact) mass is 340 g/mol. The minimum Gasteiger partial charge on any atom is -0.506 e.